The van der Waals surface area contributed by atoms with E-state index in [4.69, 9.17) is 11.6 Å². The minimum atomic E-state index is -3.70. The Bertz CT molecular complexity index is 1590. The number of hydrogen-bond donors (Lipinski definition) is 3. The second-order valence-corrected chi connectivity index (χ2v) is 13.0. The third-order valence-electron chi connectivity index (χ3n) is 7.88. The van der Waals surface area contributed by atoms with Crippen molar-refractivity contribution in [1.29, 1.82) is 0 Å². The molecule has 1 heterocycles. The van der Waals surface area contributed by atoms with E-state index in [0.29, 0.717) is 34.6 Å². The molecule has 0 aromatic heterocycles. The number of nitrogens with zero attached hydrogens (tertiary/aromatic N) is 1. The van der Waals surface area contributed by atoms with Gasteiger partial charge in [0.15, 0.2) is 0 Å². The van der Waals surface area contributed by atoms with Crippen LogP contribution < -0.4 is 10.0 Å². The molecule has 5 rings (SSSR count). The number of aliphatic hydroxyl groups excluding tert-OH is 1. The fraction of sp³-hybridized carbons (Fsp3) is 0.323. The molecule has 0 spiro atoms. The standard InChI is InChI=1S/C31H32ClN3O6S/c1-42(40,41)34-29(37)21-12-10-19(11-13-21)18-33-30(38)27-23-6-2-3-7-24(23)31(39)35(25-8-4-5-9-26(25)36)28(27)20-14-16-22(32)17-15-20/h2-3,6-7,10-17,25-28,36H,4-5,8-9,18H2,1H3,(H,33,38)(H,34,37)/t25-,26-,27+,28-/m0/s1. The summed E-state index contributed by atoms with van der Waals surface area (Å²) >= 11 is 6.19. The van der Waals surface area contributed by atoms with Crippen molar-refractivity contribution in [2.24, 2.45) is 0 Å². The molecule has 4 atom stereocenters. The molecular formula is C31H32ClN3O6S. The molecule has 220 valence electrons. The molecule has 0 bridgehead atoms. The first kappa shape index (κ1) is 29.8. The highest BCUT2D eigenvalue weighted by atomic mass is 35.5. The maximum absolute atomic E-state index is 14.1. The zero-order valence-corrected chi connectivity index (χ0v) is 24.6. The first-order valence-electron chi connectivity index (χ1n) is 13.8. The number of carbonyl (C=O) groups is 3. The Labute approximate surface area is 249 Å². The second kappa shape index (κ2) is 12.2. The number of rotatable bonds is 7. The molecular weight excluding hydrogens is 578 g/mol. The van der Waals surface area contributed by atoms with Gasteiger partial charge in [-0.05, 0) is 59.9 Å². The molecule has 1 saturated carbocycles. The summed E-state index contributed by atoms with van der Waals surface area (Å²) in [6, 6.07) is 19.3. The van der Waals surface area contributed by atoms with E-state index in [2.05, 4.69) is 5.32 Å². The topological polar surface area (TPSA) is 133 Å². The molecule has 3 N–H and O–H groups in total. The number of hydrogen-bond acceptors (Lipinski definition) is 6. The van der Waals surface area contributed by atoms with Gasteiger partial charge in [-0.1, -0.05) is 66.9 Å². The van der Waals surface area contributed by atoms with E-state index in [1.54, 1.807) is 53.4 Å². The Hall–Kier alpha value is -3.73. The van der Waals surface area contributed by atoms with Crippen LogP contribution in [-0.2, 0) is 21.4 Å². The van der Waals surface area contributed by atoms with E-state index < -0.39 is 40.0 Å². The number of fused-ring (bicyclic) bond motifs is 1. The average Bonchev–Trinajstić information content (AvgIpc) is 2.96. The van der Waals surface area contributed by atoms with Crippen molar-refractivity contribution in [2.75, 3.05) is 6.26 Å². The minimum Gasteiger partial charge on any atom is -0.391 e. The van der Waals surface area contributed by atoms with Crippen molar-refractivity contribution in [2.45, 2.75) is 56.3 Å². The SMILES string of the molecule is CS(=O)(=O)NC(=O)c1ccc(CNC(=O)[C@@H]2c3ccccc3C(=O)N([C@H]3CCCC[C@@H]3O)[C@H]2c2ccc(Cl)cc2)cc1. The Balaban J connectivity index is 1.47. The Morgan fingerprint density at radius 3 is 2.31 bits per heavy atom. The van der Waals surface area contributed by atoms with Crippen molar-refractivity contribution in [1.82, 2.24) is 14.9 Å². The third kappa shape index (κ3) is 6.35. The fourth-order valence-electron chi connectivity index (χ4n) is 5.93. The van der Waals surface area contributed by atoms with Gasteiger partial charge in [0.25, 0.3) is 11.8 Å². The Kier molecular flexibility index (Phi) is 8.68. The molecule has 11 heteroatoms. The van der Waals surface area contributed by atoms with Gasteiger partial charge in [-0.3, -0.25) is 14.4 Å². The monoisotopic (exact) mass is 609 g/mol. The maximum Gasteiger partial charge on any atom is 0.264 e. The summed E-state index contributed by atoms with van der Waals surface area (Å²) < 4.78 is 24.7. The molecule has 3 aromatic rings. The average molecular weight is 610 g/mol. The highest BCUT2D eigenvalue weighted by Gasteiger charge is 2.48. The van der Waals surface area contributed by atoms with Crippen LogP contribution in [-0.4, -0.2) is 54.5 Å². The summed E-state index contributed by atoms with van der Waals surface area (Å²) in [7, 11) is -3.70. The number of carbonyl (C=O) groups excluding carboxylic acids is 3. The van der Waals surface area contributed by atoms with Crippen molar-refractivity contribution in [3.8, 4) is 0 Å². The van der Waals surface area contributed by atoms with E-state index in [1.165, 1.54) is 12.1 Å². The number of benzene rings is 3. The Morgan fingerprint density at radius 1 is 0.976 bits per heavy atom. The minimum absolute atomic E-state index is 0.138. The fourth-order valence-corrected chi connectivity index (χ4v) is 6.51. The lowest BCUT2D eigenvalue weighted by Gasteiger charge is -2.48. The smallest absolute Gasteiger partial charge is 0.264 e. The van der Waals surface area contributed by atoms with Gasteiger partial charge in [0, 0.05) is 22.7 Å². The van der Waals surface area contributed by atoms with Gasteiger partial charge in [-0.2, -0.15) is 0 Å². The molecule has 2 aliphatic rings. The van der Waals surface area contributed by atoms with Crippen molar-refractivity contribution < 1.29 is 27.9 Å². The van der Waals surface area contributed by atoms with Gasteiger partial charge in [0.1, 0.15) is 0 Å². The van der Waals surface area contributed by atoms with E-state index in [1.807, 2.05) is 16.9 Å². The number of nitrogens with one attached hydrogen (secondary N) is 2. The maximum atomic E-state index is 14.1. The van der Waals surface area contributed by atoms with E-state index in [9.17, 15) is 27.9 Å². The lowest BCUT2D eigenvalue weighted by Crippen LogP contribution is -2.55. The predicted octanol–water partition coefficient (Wildman–Crippen LogP) is 3.93. The Morgan fingerprint density at radius 2 is 1.64 bits per heavy atom. The first-order valence-corrected chi connectivity index (χ1v) is 16.0. The normalized spacial score (nSPS) is 22.3. The van der Waals surface area contributed by atoms with Gasteiger partial charge >= 0.3 is 0 Å². The number of halogens is 1. The molecule has 0 radical (unpaired) electrons. The summed E-state index contributed by atoms with van der Waals surface area (Å²) in [5.74, 6) is -2.03. The number of amides is 3. The van der Waals surface area contributed by atoms with Crippen molar-refractivity contribution >= 4 is 39.3 Å². The van der Waals surface area contributed by atoms with E-state index >= 15 is 0 Å². The summed E-state index contributed by atoms with van der Waals surface area (Å²) in [4.78, 5) is 41.9. The molecule has 3 amide bonds. The van der Waals surface area contributed by atoms with E-state index in [0.717, 1.165) is 24.7 Å². The molecule has 42 heavy (non-hydrogen) atoms. The van der Waals surface area contributed by atoms with Crippen LogP contribution in [0.3, 0.4) is 0 Å². The van der Waals surface area contributed by atoms with Crippen LogP contribution in [0.25, 0.3) is 0 Å². The summed E-state index contributed by atoms with van der Waals surface area (Å²) in [6.07, 6.45) is 3.16. The van der Waals surface area contributed by atoms with Gasteiger partial charge in [0.2, 0.25) is 15.9 Å². The van der Waals surface area contributed by atoms with Gasteiger partial charge < -0.3 is 15.3 Å². The van der Waals surface area contributed by atoms with Crippen LogP contribution in [0.1, 0.15) is 75.0 Å². The van der Waals surface area contributed by atoms with Gasteiger partial charge in [-0.25, -0.2) is 13.1 Å². The summed E-state index contributed by atoms with van der Waals surface area (Å²) in [6.45, 7) is 0.138. The quantitative estimate of drug-likeness (QED) is 0.372. The molecule has 9 nitrogen and oxygen atoms in total. The largest absolute Gasteiger partial charge is 0.391 e. The second-order valence-electron chi connectivity index (χ2n) is 10.8. The zero-order valence-electron chi connectivity index (χ0n) is 23.0. The van der Waals surface area contributed by atoms with Crippen LogP contribution in [0.5, 0.6) is 0 Å². The molecule has 1 aliphatic carbocycles. The first-order chi connectivity index (χ1) is 20.0. The van der Waals surface area contributed by atoms with Gasteiger partial charge in [0.05, 0.1) is 30.4 Å². The number of aliphatic hydroxyl groups is 1. The highest BCUT2D eigenvalue weighted by Crippen LogP contribution is 2.46. The van der Waals surface area contributed by atoms with Crippen LogP contribution in [0, 0.1) is 0 Å². The lowest BCUT2D eigenvalue weighted by molar-refractivity contribution is -0.125. The summed E-state index contributed by atoms with van der Waals surface area (Å²) in [5.41, 5.74) is 2.64. The van der Waals surface area contributed by atoms with Crippen LogP contribution in [0.15, 0.2) is 72.8 Å². The predicted molar refractivity (Wildman–Crippen MR) is 158 cm³/mol. The molecule has 0 saturated heterocycles. The lowest BCUT2D eigenvalue weighted by atomic mass is 9.76. The van der Waals surface area contributed by atoms with Crippen molar-refractivity contribution in [3.05, 3.63) is 106 Å². The van der Waals surface area contributed by atoms with Gasteiger partial charge in [-0.15, -0.1) is 0 Å². The molecule has 1 fully saturated rings. The molecule has 3 aromatic carbocycles. The van der Waals surface area contributed by atoms with E-state index in [-0.39, 0.29) is 23.9 Å². The third-order valence-corrected chi connectivity index (χ3v) is 8.69. The van der Waals surface area contributed by atoms with Crippen molar-refractivity contribution in [3.63, 3.8) is 0 Å². The van der Waals surface area contributed by atoms with Crippen LogP contribution >= 0.6 is 11.6 Å². The van der Waals surface area contributed by atoms with Crippen LogP contribution in [0.2, 0.25) is 5.02 Å². The number of sulfonamides is 1. The zero-order chi connectivity index (χ0) is 30.0. The highest BCUT2D eigenvalue weighted by molar-refractivity contribution is 7.89. The molecule has 0 unspecified atom stereocenters. The summed E-state index contributed by atoms with van der Waals surface area (Å²) in [5, 5.41) is 14.5. The van der Waals surface area contributed by atoms with Crippen LogP contribution in [0.4, 0.5) is 0 Å². The molecule has 1 aliphatic heterocycles.